The molecule has 0 atom stereocenters. The van der Waals surface area contributed by atoms with Crippen LogP contribution in [0.5, 0.6) is 0 Å². The molecule has 0 aliphatic carbocycles. The molecule has 0 aromatic heterocycles. The van der Waals surface area contributed by atoms with Crippen molar-refractivity contribution in [3.8, 4) is 0 Å². The smallest absolute Gasteiger partial charge is 0.0933 e. The van der Waals surface area contributed by atoms with E-state index in [1.54, 1.807) is 0 Å². The van der Waals surface area contributed by atoms with Gasteiger partial charge in [-0.25, -0.2) is 0 Å². The molecular weight excluding hydrogens is 126 g/mol. The van der Waals surface area contributed by atoms with Crippen molar-refractivity contribution in [3.05, 3.63) is 0 Å². The third-order valence-electron chi connectivity index (χ3n) is 1.65. The molecule has 0 bridgehead atoms. The summed E-state index contributed by atoms with van der Waals surface area (Å²) in [6.07, 6.45) is 4.73. The lowest BCUT2D eigenvalue weighted by Gasteiger charge is -2.14. The Morgan fingerprint density at radius 1 is 1.20 bits per heavy atom. The van der Waals surface area contributed by atoms with Gasteiger partial charge in [0.15, 0.2) is 0 Å². The molecule has 0 aliphatic rings. The van der Waals surface area contributed by atoms with Gasteiger partial charge in [-0.05, 0) is 12.8 Å². The first-order valence-corrected chi connectivity index (χ1v) is 4.19. The zero-order valence-corrected chi connectivity index (χ0v) is 7.06. The van der Waals surface area contributed by atoms with Crippen molar-refractivity contribution in [1.82, 2.24) is 5.32 Å². The molecule has 0 amide bonds. The number of nitrogens with one attached hydrogen (secondary N) is 1. The summed E-state index contributed by atoms with van der Waals surface area (Å²) in [5.74, 6) is 0. The van der Waals surface area contributed by atoms with Crippen molar-refractivity contribution in [2.75, 3.05) is 6.73 Å². The number of hydrogen-bond donors (Lipinski definition) is 2. The van der Waals surface area contributed by atoms with Gasteiger partial charge in [-0.1, -0.05) is 26.7 Å². The van der Waals surface area contributed by atoms with E-state index in [2.05, 4.69) is 19.2 Å². The van der Waals surface area contributed by atoms with Gasteiger partial charge >= 0.3 is 0 Å². The van der Waals surface area contributed by atoms with Gasteiger partial charge in [0.2, 0.25) is 0 Å². The Bertz CT molecular complexity index is 52.0. The maximum atomic E-state index is 8.58. The highest BCUT2D eigenvalue weighted by Crippen LogP contribution is 2.03. The number of hydrogen-bond acceptors (Lipinski definition) is 2. The molecule has 0 saturated heterocycles. The first-order chi connectivity index (χ1) is 4.85. The molecule has 0 fully saturated rings. The highest BCUT2D eigenvalue weighted by Gasteiger charge is 2.02. The van der Waals surface area contributed by atoms with E-state index in [0.29, 0.717) is 6.04 Å². The molecule has 0 aromatic carbocycles. The van der Waals surface area contributed by atoms with Crippen molar-refractivity contribution < 1.29 is 5.11 Å². The first kappa shape index (κ1) is 9.92. The molecule has 0 heterocycles. The van der Waals surface area contributed by atoms with E-state index >= 15 is 0 Å². The summed E-state index contributed by atoms with van der Waals surface area (Å²) in [4.78, 5) is 0. The summed E-state index contributed by atoms with van der Waals surface area (Å²) in [7, 11) is 0. The van der Waals surface area contributed by atoms with Crippen molar-refractivity contribution in [2.24, 2.45) is 0 Å². The van der Waals surface area contributed by atoms with Gasteiger partial charge in [-0.15, -0.1) is 0 Å². The van der Waals surface area contributed by atoms with Gasteiger partial charge < -0.3 is 5.11 Å². The fourth-order valence-electron chi connectivity index (χ4n) is 1.17. The largest absolute Gasteiger partial charge is 0.381 e. The zero-order chi connectivity index (χ0) is 7.82. The summed E-state index contributed by atoms with van der Waals surface area (Å²) in [6.45, 7) is 4.45. The number of aliphatic hydroxyl groups excluding tert-OH is 1. The second-order valence-electron chi connectivity index (χ2n) is 2.64. The summed E-state index contributed by atoms with van der Waals surface area (Å²) < 4.78 is 0. The van der Waals surface area contributed by atoms with Crippen LogP contribution < -0.4 is 5.32 Å². The Morgan fingerprint density at radius 3 is 2.00 bits per heavy atom. The number of rotatable bonds is 6. The third-order valence-corrected chi connectivity index (χ3v) is 1.65. The van der Waals surface area contributed by atoms with Gasteiger partial charge in [0.1, 0.15) is 0 Å². The Labute approximate surface area is 63.6 Å². The molecule has 62 valence electrons. The first-order valence-electron chi connectivity index (χ1n) is 4.19. The Hall–Kier alpha value is -0.0800. The van der Waals surface area contributed by atoms with E-state index in [4.69, 9.17) is 5.11 Å². The van der Waals surface area contributed by atoms with Crippen LogP contribution >= 0.6 is 0 Å². The highest BCUT2D eigenvalue weighted by atomic mass is 16.3. The zero-order valence-electron chi connectivity index (χ0n) is 7.06. The molecule has 10 heavy (non-hydrogen) atoms. The van der Waals surface area contributed by atoms with E-state index in [1.165, 1.54) is 25.7 Å². The van der Waals surface area contributed by atoms with Gasteiger partial charge in [-0.3, -0.25) is 5.32 Å². The Kier molecular flexibility index (Phi) is 6.98. The van der Waals surface area contributed by atoms with Crippen LogP contribution in [0, 0.1) is 0 Å². The minimum Gasteiger partial charge on any atom is -0.381 e. The second kappa shape index (κ2) is 7.03. The van der Waals surface area contributed by atoms with Crippen LogP contribution in [0.25, 0.3) is 0 Å². The molecule has 2 N–H and O–H groups in total. The maximum absolute atomic E-state index is 8.58. The normalized spacial score (nSPS) is 10.8. The topological polar surface area (TPSA) is 32.3 Å². The van der Waals surface area contributed by atoms with Crippen molar-refractivity contribution >= 4 is 0 Å². The SMILES string of the molecule is CCCC(CCC)NCO. The van der Waals surface area contributed by atoms with Crippen LogP contribution in [-0.2, 0) is 0 Å². The monoisotopic (exact) mass is 145 g/mol. The van der Waals surface area contributed by atoms with E-state index in [9.17, 15) is 0 Å². The van der Waals surface area contributed by atoms with Crippen LogP contribution in [0.4, 0.5) is 0 Å². The van der Waals surface area contributed by atoms with Crippen LogP contribution in [0.15, 0.2) is 0 Å². The van der Waals surface area contributed by atoms with E-state index in [0.717, 1.165) is 0 Å². The van der Waals surface area contributed by atoms with Crippen molar-refractivity contribution in [3.63, 3.8) is 0 Å². The standard InChI is InChI=1S/C8H19NO/c1-3-5-8(6-4-2)9-7-10/h8-10H,3-7H2,1-2H3. The molecule has 0 aromatic rings. The highest BCUT2D eigenvalue weighted by molar-refractivity contribution is 4.62. The van der Waals surface area contributed by atoms with Gasteiger partial charge in [0.25, 0.3) is 0 Å². The molecule has 0 radical (unpaired) electrons. The summed E-state index contributed by atoms with van der Waals surface area (Å²) in [5, 5.41) is 11.6. The minimum absolute atomic E-state index is 0.116. The maximum Gasteiger partial charge on any atom is 0.0933 e. The quantitative estimate of drug-likeness (QED) is 0.555. The lowest BCUT2D eigenvalue weighted by molar-refractivity contribution is 0.232. The van der Waals surface area contributed by atoms with Gasteiger partial charge in [0.05, 0.1) is 6.73 Å². The lowest BCUT2D eigenvalue weighted by atomic mass is 10.1. The average molecular weight is 145 g/mol. The molecule has 2 nitrogen and oxygen atoms in total. The molecule has 0 saturated carbocycles. The molecule has 0 rings (SSSR count). The van der Waals surface area contributed by atoms with Crippen LogP contribution in [0.2, 0.25) is 0 Å². The fraction of sp³-hybridized carbons (Fsp3) is 1.00. The predicted octanol–water partition coefficient (Wildman–Crippen LogP) is 1.49. The number of aliphatic hydroxyl groups is 1. The van der Waals surface area contributed by atoms with Crippen molar-refractivity contribution in [1.29, 1.82) is 0 Å². The van der Waals surface area contributed by atoms with Gasteiger partial charge in [0, 0.05) is 6.04 Å². The van der Waals surface area contributed by atoms with E-state index in [-0.39, 0.29) is 6.73 Å². The van der Waals surface area contributed by atoms with Crippen LogP contribution in [0.3, 0.4) is 0 Å². The van der Waals surface area contributed by atoms with Crippen molar-refractivity contribution in [2.45, 2.75) is 45.6 Å². The molecule has 0 unspecified atom stereocenters. The third kappa shape index (κ3) is 4.77. The Balaban J connectivity index is 3.30. The average Bonchev–Trinajstić information content (AvgIpc) is 1.90. The van der Waals surface area contributed by atoms with Crippen LogP contribution in [-0.4, -0.2) is 17.9 Å². The molecular formula is C8H19NO. The lowest BCUT2D eigenvalue weighted by Crippen LogP contribution is -2.29. The van der Waals surface area contributed by atoms with Gasteiger partial charge in [-0.2, -0.15) is 0 Å². The summed E-state index contributed by atoms with van der Waals surface area (Å²) in [6, 6.07) is 0.528. The summed E-state index contributed by atoms with van der Waals surface area (Å²) in [5.41, 5.74) is 0. The fourth-order valence-corrected chi connectivity index (χ4v) is 1.17. The summed E-state index contributed by atoms with van der Waals surface area (Å²) >= 11 is 0. The predicted molar refractivity (Wildman–Crippen MR) is 43.8 cm³/mol. The minimum atomic E-state index is 0.116. The molecule has 0 aliphatic heterocycles. The van der Waals surface area contributed by atoms with E-state index in [1.807, 2.05) is 0 Å². The molecule has 2 heteroatoms. The van der Waals surface area contributed by atoms with E-state index < -0.39 is 0 Å². The Morgan fingerprint density at radius 2 is 1.70 bits per heavy atom. The second-order valence-corrected chi connectivity index (χ2v) is 2.64. The van der Waals surface area contributed by atoms with Crippen LogP contribution in [0.1, 0.15) is 39.5 Å². The molecule has 0 spiro atoms.